The van der Waals surface area contributed by atoms with Gasteiger partial charge in [0.1, 0.15) is 11.8 Å². The van der Waals surface area contributed by atoms with Crippen LogP contribution in [0.25, 0.3) is 0 Å². The van der Waals surface area contributed by atoms with Crippen LogP contribution in [0, 0.1) is 0 Å². The molecule has 0 aromatic heterocycles. The number of rotatable bonds is 6. The lowest BCUT2D eigenvalue weighted by atomic mass is 10.1. The third-order valence-electron chi connectivity index (χ3n) is 2.27. The molecule has 0 amide bonds. The highest BCUT2D eigenvalue weighted by atomic mass is 16.4. The summed E-state index contributed by atoms with van der Waals surface area (Å²) in [7, 11) is 0. The van der Waals surface area contributed by atoms with E-state index in [1.807, 2.05) is 0 Å². The average molecular weight is 236 g/mol. The van der Waals surface area contributed by atoms with Crippen molar-refractivity contribution in [2.24, 2.45) is 5.73 Å². The number of ketones is 1. The molecule has 0 bridgehead atoms. The van der Waals surface area contributed by atoms with Gasteiger partial charge in [0.05, 0.1) is 6.54 Å². The van der Waals surface area contributed by atoms with Crippen LogP contribution in [0.1, 0.15) is 12.5 Å². The SMILES string of the molecule is CC(=O)CNc1ccc(C[C@H](N)C(=O)O)cc1. The van der Waals surface area contributed by atoms with Crippen molar-refractivity contribution in [2.75, 3.05) is 11.9 Å². The third-order valence-corrected chi connectivity index (χ3v) is 2.27. The maximum absolute atomic E-state index is 10.8. The summed E-state index contributed by atoms with van der Waals surface area (Å²) in [5.41, 5.74) is 7.11. The highest BCUT2D eigenvalue weighted by Crippen LogP contribution is 2.10. The summed E-state index contributed by atoms with van der Waals surface area (Å²) in [4.78, 5) is 21.3. The Balaban J connectivity index is 2.55. The molecule has 0 spiro atoms. The van der Waals surface area contributed by atoms with Gasteiger partial charge in [0.2, 0.25) is 0 Å². The van der Waals surface area contributed by atoms with E-state index in [9.17, 15) is 9.59 Å². The lowest BCUT2D eigenvalue weighted by Gasteiger charge is -2.08. The standard InChI is InChI=1S/C12H16N2O3/c1-8(15)7-14-10-4-2-9(3-5-10)6-11(13)12(16)17/h2-5,11,14H,6-7,13H2,1H3,(H,16,17)/t11-/m0/s1. The van der Waals surface area contributed by atoms with Gasteiger partial charge in [-0.15, -0.1) is 0 Å². The first-order valence-electron chi connectivity index (χ1n) is 5.29. The molecule has 1 atom stereocenters. The van der Waals surface area contributed by atoms with E-state index >= 15 is 0 Å². The zero-order valence-corrected chi connectivity index (χ0v) is 9.64. The van der Waals surface area contributed by atoms with Crippen molar-refractivity contribution in [3.63, 3.8) is 0 Å². The number of benzene rings is 1. The van der Waals surface area contributed by atoms with E-state index in [1.54, 1.807) is 24.3 Å². The predicted molar refractivity (Wildman–Crippen MR) is 64.9 cm³/mol. The van der Waals surface area contributed by atoms with Crippen molar-refractivity contribution < 1.29 is 14.7 Å². The Morgan fingerprint density at radius 3 is 2.41 bits per heavy atom. The fourth-order valence-corrected chi connectivity index (χ4v) is 1.33. The third kappa shape index (κ3) is 4.65. The van der Waals surface area contributed by atoms with Gasteiger partial charge in [-0.2, -0.15) is 0 Å². The lowest BCUT2D eigenvalue weighted by Crippen LogP contribution is -2.32. The van der Waals surface area contributed by atoms with Crippen LogP contribution in [-0.4, -0.2) is 29.4 Å². The minimum atomic E-state index is -1.01. The quantitative estimate of drug-likeness (QED) is 0.674. The number of nitrogens with one attached hydrogen (secondary N) is 1. The summed E-state index contributed by atoms with van der Waals surface area (Å²) in [6, 6.07) is 6.31. The molecular weight excluding hydrogens is 220 g/mol. The average Bonchev–Trinajstić information content (AvgIpc) is 2.28. The van der Waals surface area contributed by atoms with Crippen LogP contribution in [0.5, 0.6) is 0 Å². The number of carboxylic acids is 1. The molecule has 1 rings (SSSR count). The molecule has 1 aromatic rings. The number of Topliss-reactive ketones (excluding diaryl/α,β-unsaturated/α-hetero) is 1. The molecule has 92 valence electrons. The summed E-state index contributed by atoms with van der Waals surface area (Å²) in [6.07, 6.45) is 0.294. The Bertz CT molecular complexity index is 401. The largest absolute Gasteiger partial charge is 0.480 e. The first-order chi connectivity index (χ1) is 7.99. The van der Waals surface area contributed by atoms with Crippen molar-refractivity contribution in [1.29, 1.82) is 0 Å². The van der Waals surface area contributed by atoms with Gasteiger partial charge in [-0.05, 0) is 31.0 Å². The Kier molecular flexibility index (Phi) is 4.66. The summed E-state index contributed by atoms with van der Waals surface area (Å²) in [5.74, 6) is -0.953. The molecule has 5 nitrogen and oxygen atoms in total. The zero-order chi connectivity index (χ0) is 12.8. The number of hydrogen-bond donors (Lipinski definition) is 3. The van der Waals surface area contributed by atoms with E-state index in [0.717, 1.165) is 11.3 Å². The Labute approximate surface area is 99.6 Å². The van der Waals surface area contributed by atoms with Crippen LogP contribution in [0.2, 0.25) is 0 Å². The number of carbonyl (C=O) groups is 2. The number of carbonyl (C=O) groups excluding carboxylic acids is 1. The molecule has 0 unspecified atom stereocenters. The molecule has 4 N–H and O–H groups in total. The predicted octanol–water partition coefficient (Wildman–Crippen LogP) is 0.642. The van der Waals surface area contributed by atoms with E-state index in [4.69, 9.17) is 10.8 Å². The van der Waals surface area contributed by atoms with Gasteiger partial charge >= 0.3 is 5.97 Å². The fraction of sp³-hybridized carbons (Fsp3) is 0.333. The molecule has 0 saturated carbocycles. The Hall–Kier alpha value is -1.88. The van der Waals surface area contributed by atoms with Crippen molar-refractivity contribution in [3.8, 4) is 0 Å². The van der Waals surface area contributed by atoms with Crippen molar-refractivity contribution in [1.82, 2.24) is 0 Å². The molecule has 0 aliphatic rings. The van der Waals surface area contributed by atoms with Gasteiger partial charge in [0.15, 0.2) is 0 Å². The monoisotopic (exact) mass is 236 g/mol. The summed E-state index contributed by atoms with van der Waals surface area (Å²) in [6.45, 7) is 1.79. The second-order valence-corrected chi connectivity index (χ2v) is 3.90. The van der Waals surface area contributed by atoms with Gasteiger partial charge in [0.25, 0.3) is 0 Å². The van der Waals surface area contributed by atoms with Crippen LogP contribution in [0.4, 0.5) is 5.69 Å². The number of aliphatic carboxylic acids is 1. The maximum Gasteiger partial charge on any atom is 0.320 e. The molecule has 17 heavy (non-hydrogen) atoms. The first kappa shape index (κ1) is 13.2. The zero-order valence-electron chi connectivity index (χ0n) is 9.64. The van der Waals surface area contributed by atoms with Gasteiger partial charge in [-0.1, -0.05) is 12.1 Å². The van der Waals surface area contributed by atoms with Crippen molar-refractivity contribution >= 4 is 17.4 Å². The fourth-order valence-electron chi connectivity index (χ4n) is 1.33. The smallest absolute Gasteiger partial charge is 0.320 e. The lowest BCUT2D eigenvalue weighted by molar-refractivity contribution is -0.138. The summed E-state index contributed by atoms with van der Waals surface area (Å²) < 4.78 is 0. The number of carboxylic acid groups (broad SMARTS) is 1. The minimum absolute atomic E-state index is 0.0574. The summed E-state index contributed by atoms with van der Waals surface area (Å²) >= 11 is 0. The topological polar surface area (TPSA) is 92.4 Å². The van der Waals surface area contributed by atoms with Gasteiger partial charge < -0.3 is 16.2 Å². The number of nitrogens with two attached hydrogens (primary N) is 1. The highest BCUT2D eigenvalue weighted by molar-refractivity contribution is 5.80. The first-order valence-corrected chi connectivity index (χ1v) is 5.29. The molecule has 0 heterocycles. The summed E-state index contributed by atoms with van der Waals surface area (Å²) in [5, 5.41) is 11.6. The van der Waals surface area contributed by atoms with E-state index in [1.165, 1.54) is 6.92 Å². The molecule has 0 aliphatic carbocycles. The minimum Gasteiger partial charge on any atom is -0.480 e. The van der Waals surface area contributed by atoms with Gasteiger partial charge in [-0.25, -0.2) is 0 Å². The van der Waals surface area contributed by atoms with Crippen LogP contribution < -0.4 is 11.1 Å². The van der Waals surface area contributed by atoms with Crippen molar-refractivity contribution in [2.45, 2.75) is 19.4 Å². The van der Waals surface area contributed by atoms with Gasteiger partial charge in [0, 0.05) is 5.69 Å². The Morgan fingerprint density at radius 1 is 1.35 bits per heavy atom. The second kappa shape index (κ2) is 6.00. The van der Waals surface area contributed by atoms with E-state index < -0.39 is 12.0 Å². The van der Waals surface area contributed by atoms with E-state index in [0.29, 0.717) is 6.42 Å². The number of anilines is 1. The van der Waals surface area contributed by atoms with Crippen molar-refractivity contribution in [3.05, 3.63) is 29.8 Å². The normalized spacial score (nSPS) is 11.9. The van der Waals surface area contributed by atoms with Crippen LogP contribution in [0.3, 0.4) is 0 Å². The number of hydrogen-bond acceptors (Lipinski definition) is 4. The second-order valence-electron chi connectivity index (χ2n) is 3.90. The van der Waals surface area contributed by atoms with Crippen LogP contribution in [0.15, 0.2) is 24.3 Å². The molecule has 0 saturated heterocycles. The van der Waals surface area contributed by atoms with Gasteiger partial charge in [-0.3, -0.25) is 9.59 Å². The molecule has 1 aromatic carbocycles. The highest BCUT2D eigenvalue weighted by Gasteiger charge is 2.11. The molecule has 5 heteroatoms. The molecule has 0 fully saturated rings. The molecule has 0 radical (unpaired) electrons. The van der Waals surface area contributed by atoms with Crippen LogP contribution >= 0.6 is 0 Å². The molecular formula is C12H16N2O3. The Morgan fingerprint density at radius 2 is 1.94 bits per heavy atom. The van der Waals surface area contributed by atoms with Crippen LogP contribution in [-0.2, 0) is 16.0 Å². The van der Waals surface area contributed by atoms with E-state index in [2.05, 4.69) is 5.32 Å². The maximum atomic E-state index is 10.8. The molecule has 0 aliphatic heterocycles. The van der Waals surface area contributed by atoms with E-state index in [-0.39, 0.29) is 12.3 Å².